The summed E-state index contributed by atoms with van der Waals surface area (Å²) in [5.74, 6) is 0.417. The molecule has 1 aliphatic rings. The molecule has 84 valence electrons. The Hall–Kier alpha value is -0.120. The third-order valence-corrected chi connectivity index (χ3v) is 3.02. The Morgan fingerprint density at radius 1 is 1.07 bits per heavy atom. The average molecular weight is 200 g/mol. The van der Waals surface area contributed by atoms with Crippen LogP contribution >= 0.6 is 0 Å². The number of hydrogen-bond acceptors (Lipinski definition) is 3. The zero-order chi connectivity index (χ0) is 10.6. The lowest BCUT2D eigenvalue weighted by molar-refractivity contribution is 0.0881. The van der Waals surface area contributed by atoms with Crippen molar-refractivity contribution in [3.63, 3.8) is 0 Å². The van der Waals surface area contributed by atoms with Gasteiger partial charge in [0.05, 0.1) is 0 Å². The zero-order valence-corrected chi connectivity index (χ0v) is 9.74. The summed E-state index contributed by atoms with van der Waals surface area (Å²) in [7, 11) is 0. The van der Waals surface area contributed by atoms with Gasteiger partial charge in [-0.25, -0.2) is 0 Å². The number of nitrogens with zero attached hydrogens (tertiary/aromatic N) is 2. The van der Waals surface area contributed by atoms with Gasteiger partial charge in [-0.05, 0) is 19.8 Å². The average Bonchev–Trinajstić information content (AvgIpc) is 2.18. The third kappa shape index (κ3) is 3.56. The van der Waals surface area contributed by atoms with Gasteiger partial charge in [-0.3, -0.25) is 4.90 Å². The second kappa shape index (κ2) is 5.69. The first-order valence-corrected chi connectivity index (χ1v) is 5.70. The van der Waals surface area contributed by atoms with Gasteiger partial charge in [0.15, 0.2) is 0 Å². The van der Waals surface area contributed by atoms with Crippen molar-refractivity contribution in [1.29, 1.82) is 0 Å². The summed E-state index contributed by atoms with van der Waals surface area (Å²) >= 11 is 0. The van der Waals surface area contributed by atoms with Crippen LogP contribution in [0.1, 0.15) is 20.8 Å². The number of aliphatic hydroxyl groups is 1. The maximum atomic E-state index is 8.97. The molecular formula is C11H24N2O. The minimum Gasteiger partial charge on any atom is -0.396 e. The first kappa shape index (κ1) is 12.0. The molecule has 3 heteroatoms. The summed E-state index contributed by atoms with van der Waals surface area (Å²) in [4.78, 5) is 4.97. The molecule has 1 fully saturated rings. The molecular weight excluding hydrogens is 176 g/mol. The summed E-state index contributed by atoms with van der Waals surface area (Å²) in [6.07, 6.45) is 0. The van der Waals surface area contributed by atoms with Crippen molar-refractivity contribution in [3.05, 3.63) is 0 Å². The Bertz CT molecular complexity index is 153. The molecule has 0 aromatic carbocycles. The minimum atomic E-state index is 0.310. The molecule has 3 nitrogen and oxygen atoms in total. The van der Waals surface area contributed by atoms with Crippen molar-refractivity contribution in [2.75, 3.05) is 39.3 Å². The van der Waals surface area contributed by atoms with E-state index in [2.05, 4.69) is 30.6 Å². The van der Waals surface area contributed by atoms with Gasteiger partial charge < -0.3 is 10.0 Å². The van der Waals surface area contributed by atoms with Gasteiger partial charge in [-0.15, -0.1) is 0 Å². The van der Waals surface area contributed by atoms with Crippen LogP contribution < -0.4 is 0 Å². The molecule has 1 heterocycles. The number of aliphatic hydroxyl groups excluding tert-OH is 1. The molecule has 1 aliphatic heterocycles. The Morgan fingerprint density at radius 2 is 1.64 bits per heavy atom. The molecule has 1 N–H and O–H groups in total. The van der Waals surface area contributed by atoms with Gasteiger partial charge in [0.1, 0.15) is 0 Å². The summed E-state index contributed by atoms with van der Waals surface area (Å²) < 4.78 is 0. The second-order valence-electron chi connectivity index (χ2n) is 4.72. The lowest BCUT2D eigenvalue weighted by Crippen LogP contribution is -2.49. The van der Waals surface area contributed by atoms with Crippen molar-refractivity contribution in [1.82, 2.24) is 9.80 Å². The van der Waals surface area contributed by atoms with Crippen LogP contribution in [0.4, 0.5) is 0 Å². The predicted octanol–water partition coefficient (Wildman–Crippen LogP) is 0.641. The highest BCUT2D eigenvalue weighted by molar-refractivity contribution is 4.75. The quantitative estimate of drug-likeness (QED) is 0.721. The predicted molar refractivity (Wildman–Crippen MR) is 59.4 cm³/mol. The summed E-state index contributed by atoms with van der Waals surface area (Å²) in [5.41, 5.74) is 0. The Labute approximate surface area is 87.7 Å². The fourth-order valence-electron chi connectivity index (χ4n) is 1.96. The van der Waals surface area contributed by atoms with Gasteiger partial charge >= 0.3 is 0 Å². The maximum Gasteiger partial charge on any atom is 0.0468 e. The van der Waals surface area contributed by atoms with E-state index in [9.17, 15) is 0 Å². The molecule has 0 saturated carbocycles. The van der Waals surface area contributed by atoms with E-state index in [-0.39, 0.29) is 0 Å². The normalized spacial score (nSPS) is 22.9. The van der Waals surface area contributed by atoms with Crippen molar-refractivity contribution < 1.29 is 5.11 Å². The van der Waals surface area contributed by atoms with Crippen LogP contribution in [0, 0.1) is 5.92 Å². The fraction of sp³-hybridized carbons (Fsp3) is 1.00. The largest absolute Gasteiger partial charge is 0.396 e. The maximum absolute atomic E-state index is 8.97. The number of rotatable bonds is 4. The van der Waals surface area contributed by atoms with E-state index in [0.29, 0.717) is 18.6 Å². The van der Waals surface area contributed by atoms with Gasteiger partial charge in [-0.2, -0.15) is 0 Å². The fourth-order valence-corrected chi connectivity index (χ4v) is 1.96. The van der Waals surface area contributed by atoms with Gasteiger partial charge in [0.25, 0.3) is 0 Å². The van der Waals surface area contributed by atoms with E-state index in [1.165, 1.54) is 13.1 Å². The van der Waals surface area contributed by atoms with E-state index in [1.807, 2.05) is 0 Å². The van der Waals surface area contributed by atoms with Gasteiger partial charge in [0.2, 0.25) is 0 Å². The van der Waals surface area contributed by atoms with E-state index in [4.69, 9.17) is 5.11 Å². The van der Waals surface area contributed by atoms with Gasteiger partial charge in [0, 0.05) is 45.4 Å². The molecule has 0 radical (unpaired) electrons. The van der Waals surface area contributed by atoms with Crippen LogP contribution in [0.15, 0.2) is 0 Å². The highest BCUT2D eigenvalue weighted by Crippen LogP contribution is 2.07. The standard InChI is InChI=1S/C11H24N2O/c1-10(2)13-6-4-12(5-7-13)8-11(3)9-14/h10-11,14H,4-9H2,1-3H3. The molecule has 0 aromatic heterocycles. The Kier molecular flexibility index (Phi) is 4.85. The van der Waals surface area contributed by atoms with Crippen molar-refractivity contribution in [2.24, 2.45) is 5.92 Å². The zero-order valence-electron chi connectivity index (χ0n) is 9.74. The first-order chi connectivity index (χ1) is 6.63. The van der Waals surface area contributed by atoms with Crippen LogP contribution in [0.25, 0.3) is 0 Å². The summed E-state index contributed by atoms with van der Waals surface area (Å²) in [5, 5.41) is 8.97. The van der Waals surface area contributed by atoms with Crippen molar-refractivity contribution in [2.45, 2.75) is 26.8 Å². The van der Waals surface area contributed by atoms with E-state index < -0.39 is 0 Å². The molecule has 0 aliphatic carbocycles. The van der Waals surface area contributed by atoms with Crippen LogP contribution in [-0.2, 0) is 0 Å². The Morgan fingerprint density at radius 3 is 2.07 bits per heavy atom. The molecule has 1 unspecified atom stereocenters. The van der Waals surface area contributed by atoms with E-state index >= 15 is 0 Å². The SMILES string of the molecule is CC(CO)CN1CCN(C(C)C)CC1. The molecule has 1 saturated heterocycles. The molecule has 0 aromatic rings. The minimum absolute atomic E-state index is 0.310. The van der Waals surface area contributed by atoms with Crippen LogP contribution in [0.3, 0.4) is 0 Å². The monoisotopic (exact) mass is 200 g/mol. The highest BCUT2D eigenvalue weighted by atomic mass is 16.3. The van der Waals surface area contributed by atoms with Gasteiger partial charge in [-0.1, -0.05) is 6.92 Å². The van der Waals surface area contributed by atoms with Crippen LogP contribution in [0.2, 0.25) is 0 Å². The van der Waals surface area contributed by atoms with E-state index in [0.717, 1.165) is 19.6 Å². The molecule has 1 atom stereocenters. The molecule has 1 rings (SSSR count). The first-order valence-electron chi connectivity index (χ1n) is 5.70. The lowest BCUT2D eigenvalue weighted by Gasteiger charge is -2.37. The second-order valence-corrected chi connectivity index (χ2v) is 4.72. The summed E-state index contributed by atoms with van der Waals surface area (Å²) in [6.45, 7) is 12.6. The van der Waals surface area contributed by atoms with E-state index in [1.54, 1.807) is 0 Å². The van der Waals surface area contributed by atoms with Crippen molar-refractivity contribution >= 4 is 0 Å². The molecule has 0 amide bonds. The highest BCUT2D eigenvalue weighted by Gasteiger charge is 2.19. The lowest BCUT2D eigenvalue weighted by atomic mass is 10.1. The summed E-state index contributed by atoms with van der Waals surface area (Å²) in [6, 6.07) is 0.674. The topological polar surface area (TPSA) is 26.7 Å². The molecule has 14 heavy (non-hydrogen) atoms. The third-order valence-electron chi connectivity index (χ3n) is 3.02. The number of hydrogen-bond donors (Lipinski definition) is 1. The van der Waals surface area contributed by atoms with Crippen molar-refractivity contribution in [3.8, 4) is 0 Å². The van der Waals surface area contributed by atoms with Crippen LogP contribution in [-0.4, -0.2) is 60.3 Å². The number of piperazine rings is 1. The molecule has 0 bridgehead atoms. The smallest absolute Gasteiger partial charge is 0.0468 e. The Balaban J connectivity index is 2.22. The molecule has 0 spiro atoms. The van der Waals surface area contributed by atoms with Crippen LogP contribution in [0.5, 0.6) is 0 Å².